The Hall–Kier alpha value is -1.88. The van der Waals surface area contributed by atoms with Crippen molar-refractivity contribution in [3.8, 4) is 0 Å². The smallest absolute Gasteiger partial charge is 0.226 e. The molecule has 1 atom stereocenters. The van der Waals surface area contributed by atoms with Crippen LogP contribution in [0.15, 0.2) is 24.3 Å². The standard InChI is InChI=1S/C20H28N3O2/c1-15(20(21)25)6-7-19(24)22-12-9-18(10-13-22)23-11-8-16-4-2-3-5-17(16)14-23/h2-5,7,15,18H,6,8-14H2,1H3,(H2,21,25)/t15-/m0/s1. The molecule has 1 fully saturated rings. The van der Waals surface area contributed by atoms with E-state index >= 15 is 0 Å². The molecule has 5 heteroatoms. The molecule has 1 radical (unpaired) electrons. The normalized spacial score (nSPS) is 20.1. The number of carbonyl (C=O) groups excluding carboxylic acids is 2. The maximum absolute atomic E-state index is 12.3. The van der Waals surface area contributed by atoms with E-state index < -0.39 is 0 Å². The molecule has 2 aliphatic heterocycles. The van der Waals surface area contributed by atoms with E-state index in [0.29, 0.717) is 12.5 Å². The quantitative estimate of drug-likeness (QED) is 0.886. The summed E-state index contributed by atoms with van der Waals surface area (Å²) in [6, 6.07) is 9.26. The van der Waals surface area contributed by atoms with Crippen molar-refractivity contribution in [1.82, 2.24) is 9.80 Å². The molecule has 2 aliphatic rings. The van der Waals surface area contributed by atoms with Crippen molar-refractivity contribution in [3.63, 3.8) is 0 Å². The monoisotopic (exact) mass is 342 g/mol. The molecular formula is C20H28N3O2. The SMILES string of the molecule is C[C@@H](C[CH]C(=O)N1CCC(N2CCc3ccccc3C2)CC1)C(N)=O. The summed E-state index contributed by atoms with van der Waals surface area (Å²) in [7, 11) is 0. The van der Waals surface area contributed by atoms with Crippen LogP contribution < -0.4 is 5.73 Å². The lowest BCUT2D eigenvalue weighted by atomic mass is 9.95. The molecule has 0 aromatic heterocycles. The van der Waals surface area contributed by atoms with Gasteiger partial charge in [-0.25, -0.2) is 0 Å². The first kappa shape index (κ1) is 17.9. The zero-order valence-corrected chi connectivity index (χ0v) is 15.0. The van der Waals surface area contributed by atoms with Crippen LogP contribution in [-0.4, -0.2) is 47.3 Å². The lowest BCUT2D eigenvalue weighted by Gasteiger charge is -2.40. The number of benzene rings is 1. The second kappa shape index (κ2) is 8.00. The topological polar surface area (TPSA) is 66.6 Å². The molecule has 1 saturated heterocycles. The van der Waals surface area contributed by atoms with E-state index in [1.165, 1.54) is 11.1 Å². The van der Waals surface area contributed by atoms with Gasteiger partial charge in [-0.2, -0.15) is 0 Å². The van der Waals surface area contributed by atoms with Gasteiger partial charge in [-0.1, -0.05) is 31.2 Å². The Balaban J connectivity index is 1.46. The number of carbonyl (C=O) groups is 2. The molecule has 2 heterocycles. The van der Waals surface area contributed by atoms with Crippen LogP contribution in [0.2, 0.25) is 0 Å². The molecule has 0 bridgehead atoms. The number of nitrogens with zero attached hydrogens (tertiary/aromatic N) is 2. The zero-order chi connectivity index (χ0) is 17.8. The van der Waals surface area contributed by atoms with Crippen LogP contribution in [0, 0.1) is 12.3 Å². The average Bonchev–Trinajstić information content (AvgIpc) is 2.65. The third kappa shape index (κ3) is 4.40. The number of primary amides is 1. The summed E-state index contributed by atoms with van der Waals surface area (Å²) in [4.78, 5) is 27.8. The minimum absolute atomic E-state index is 0.0375. The van der Waals surface area contributed by atoms with Gasteiger partial charge in [-0.3, -0.25) is 14.5 Å². The number of amides is 2. The molecule has 135 valence electrons. The lowest BCUT2D eigenvalue weighted by Crippen LogP contribution is -2.48. The first-order valence-corrected chi connectivity index (χ1v) is 9.27. The van der Waals surface area contributed by atoms with Crippen molar-refractivity contribution in [2.24, 2.45) is 11.7 Å². The Labute approximate surface area is 150 Å². The number of nitrogens with two attached hydrogens (primary N) is 1. The Morgan fingerprint density at radius 2 is 1.88 bits per heavy atom. The van der Waals surface area contributed by atoms with Crippen molar-refractivity contribution in [2.45, 2.75) is 45.2 Å². The van der Waals surface area contributed by atoms with Crippen LogP contribution in [0.25, 0.3) is 0 Å². The number of hydrogen-bond donors (Lipinski definition) is 1. The largest absolute Gasteiger partial charge is 0.369 e. The molecule has 1 aromatic rings. The predicted octanol–water partition coefficient (Wildman–Crippen LogP) is 1.75. The average molecular weight is 342 g/mol. The maximum atomic E-state index is 12.3. The van der Waals surface area contributed by atoms with Gasteiger partial charge in [-0.05, 0) is 36.8 Å². The predicted molar refractivity (Wildman–Crippen MR) is 97.4 cm³/mol. The molecule has 5 nitrogen and oxygen atoms in total. The van der Waals surface area contributed by atoms with Crippen LogP contribution in [-0.2, 0) is 22.6 Å². The first-order valence-electron chi connectivity index (χ1n) is 9.27. The van der Waals surface area contributed by atoms with E-state index in [9.17, 15) is 9.59 Å². The Bertz CT molecular complexity index is 623. The number of hydrogen-bond acceptors (Lipinski definition) is 3. The van der Waals surface area contributed by atoms with Crippen LogP contribution in [0.3, 0.4) is 0 Å². The van der Waals surface area contributed by atoms with Crippen LogP contribution in [0.1, 0.15) is 37.3 Å². The molecule has 25 heavy (non-hydrogen) atoms. The molecule has 2 amide bonds. The summed E-state index contributed by atoms with van der Waals surface area (Å²) in [6.45, 7) is 5.48. The number of piperidine rings is 1. The van der Waals surface area contributed by atoms with Gasteiger partial charge >= 0.3 is 0 Å². The summed E-state index contributed by atoms with van der Waals surface area (Å²) in [5, 5.41) is 0. The van der Waals surface area contributed by atoms with Crippen LogP contribution >= 0.6 is 0 Å². The molecule has 3 rings (SSSR count). The van der Waals surface area contributed by atoms with E-state index in [-0.39, 0.29) is 17.7 Å². The first-order chi connectivity index (χ1) is 12.0. The number of likely N-dealkylation sites (tertiary alicyclic amines) is 1. The van der Waals surface area contributed by atoms with Crippen molar-refractivity contribution >= 4 is 11.8 Å². The summed E-state index contributed by atoms with van der Waals surface area (Å²) in [5.74, 6) is -0.599. The summed E-state index contributed by atoms with van der Waals surface area (Å²) < 4.78 is 0. The Kier molecular flexibility index (Phi) is 5.74. The van der Waals surface area contributed by atoms with E-state index in [1.807, 2.05) is 4.90 Å². The van der Waals surface area contributed by atoms with Gasteiger partial charge in [0.2, 0.25) is 11.8 Å². The maximum Gasteiger partial charge on any atom is 0.226 e. The van der Waals surface area contributed by atoms with Crippen molar-refractivity contribution < 1.29 is 9.59 Å². The van der Waals surface area contributed by atoms with Gasteiger partial charge in [0, 0.05) is 38.1 Å². The second-order valence-electron chi connectivity index (χ2n) is 7.29. The Morgan fingerprint density at radius 1 is 1.20 bits per heavy atom. The number of fused-ring (bicyclic) bond motifs is 1. The van der Waals surface area contributed by atoms with Crippen LogP contribution in [0.5, 0.6) is 0 Å². The molecule has 0 aliphatic carbocycles. The molecule has 0 spiro atoms. The zero-order valence-electron chi connectivity index (χ0n) is 15.0. The van der Waals surface area contributed by atoms with Crippen molar-refractivity contribution in [3.05, 3.63) is 41.8 Å². The minimum atomic E-state index is -0.354. The Morgan fingerprint density at radius 3 is 2.56 bits per heavy atom. The highest BCUT2D eigenvalue weighted by molar-refractivity contribution is 5.86. The highest BCUT2D eigenvalue weighted by Crippen LogP contribution is 2.25. The summed E-state index contributed by atoms with van der Waals surface area (Å²) in [5.41, 5.74) is 8.17. The van der Waals surface area contributed by atoms with Gasteiger partial charge in [0.25, 0.3) is 0 Å². The molecular weight excluding hydrogens is 314 g/mol. The minimum Gasteiger partial charge on any atom is -0.369 e. The third-order valence-electron chi connectivity index (χ3n) is 5.58. The summed E-state index contributed by atoms with van der Waals surface area (Å²) >= 11 is 0. The van der Waals surface area contributed by atoms with Crippen molar-refractivity contribution in [2.75, 3.05) is 19.6 Å². The van der Waals surface area contributed by atoms with E-state index in [1.54, 1.807) is 13.3 Å². The van der Waals surface area contributed by atoms with E-state index in [0.717, 1.165) is 45.4 Å². The molecule has 0 unspecified atom stereocenters. The van der Waals surface area contributed by atoms with Gasteiger partial charge < -0.3 is 10.6 Å². The fourth-order valence-electron chi connectivity index (χ4n) is 3.80. The van der Waals surface area contributed by atoms with Gasteiger partial charge in [0.15, 0.2) is 0 Å². The fourth-order valence-corrected chi connectivity index (χ4v) is 3.80. The van der Waals surface area contributed by atoms with E-state index in [2.05, 4.69) is 29.2 Å². The highest BCUT2D eigenvalue weighted by Gasteiger charge is 2.29. The molecule has 0 saturated carbocycles. The van der Waals surface area contributed by atoms with E-state index in [4.69, 9.17) is 5.73 Å². The van der Waals surface area contributed by atoms with Gasteiger partial charge in [0.1, 0.15) is 0 Å². The summed E-state index contributed by atoms with van der Waals surface area (Å²) in [6.07, 6.45) is 5.21. The fraction of sp³-hybridized carbons (Fsp3) is 0.550. The third-order valence-corrected chi connectivity index (χ3v) is 5.58. The van der Waals surface area contributed by atoms with Gasteiger partial charge in [-0.15, -0.1) is 0 Å². The molecule has 2 N–H and O–H groups in total. The highest BCUT2D eigenvalue weighted by atomic mass is 16.2. The molecule has 1 aromatic carbocycles. The van der Waals surface area contributed by atoms with Crippen molar-refractivity contribution in [1.29, 1.82) is 0 Å². The number of rotatable bonds is 5. The van der Waals surface area contributed by atoms with Crippen LogP contribution in [0.4, 0.5) is 0 Å². The lowest BCUT2D eigenvalue weighted by molar-refractivity contribution is -0.129. The second-order valence-corrected chi connectivity index (χ2v) is 7.29. The van der Waals surface area contributed by atoms with Gasteiger partial charge in [0.05, 0.1) is 6.42 Å².